The molecule has 0 spiro atoms. The summed E-state index contributed by atoms with van der Waals surface area (Å²) in [6, 6.07) is 6.75. The second kappa shape index (κ2) is 9.43. The van der Waals surface area contributed by atoms with Gasteiger partial charge in [-0.2, -0.15) is 4.31 Å². The molecule has 2 N–H and O–H groups in total. The third kappa shape index (κ3) is 5.48. The van der Waals surface area contributed by atoms with Gasteiger partial charge in [-0.3, -0.25) is 14.6 Å². The molecule has 0 aromatic carbocycles. The van der Waals surface area contributed by atoms with Crippen LogP contribution < -0.4 is 10.6 Å². The van der Waals surface area contributed by atoms with E-state index < -0.39 is 15.9 Å². The maximum Gasteiger partial charge on any atom is 0.244 e. The van der Waals surface area contributed by atoms with Crippen molar-refractivity contribution < 1.29 is 18.0 Å². The zero-order valence-corrected chi connectivity index (χ0v) is 18.6. The lowest BCUT2D eigenvalue weighted by atomic mass is 10.3. The van der Waals surface area contributed by atoms with Gasteiger partial charge in [0.1, 0.15) is 4.90 Å². The van der Waals surface area contributed by atoms with Crippen molar-refractivity contribution in [1.82, 2.24) is 19.6 Å². The molecule has 3 aromatic heterocycles. The summed E-state index contributed by atoms with van der Waals surface area (Å²) in [5, 5.41) is 7.55. The third-order valence-corrected chi connectivity index (χ3v) is 7.54. The Balaban J connectivity index is 1.60. The number of carbonyl (C=O) groups excluding carboxylic acids is 2. The van der Waals surface area contributed by atoms with Gasteiger partial charge in [0.2, 0.25) is 21.8 Å². The lowest BCUT2D eigenvalue weighted by Gasteiger charge is -2.16. The monoisotopic (exact) mass is 465 g/mol. The molecule has 0 saturated heterocycles. The number of likely N-dealkylation sites (N-methyl/N-ethyl adjacent to an activating group) is 1. The van der Waals surface area contributed by atoms with E-state index in [4.69, 9.17) is 0 Å². The highest BCUT2D eigenvalue weighted by Crippen LogP contribution is 2.30. The van der Waals surface area contributed by atoms with Crippen LogP contribution in [0.2, 0.25) is 0 Å². The average Bonchev–Trinajstić information content (AvgIpc) is 3.36. The van der Waals surface area contributed by atoms with Crippen molar-refractivity contribution in [3.05, 3.63) is 46.9 Å². The van der Waals surface area contributed by atoms with Gasteiger partial charge < -0.3 is 10.6 Å². The lowest BCUT2D eigenvalue weighted by Crippen LogP contribution is -2.35. The maximum atomic E-state index is 12.5. The van der Waals surface area contributed by atoms with Gasteiger partial charge in [0, 0.05) is 36.6 Å². The summed E-state index contributed by atoms with van der Waals surface area (Å²) < 4.78 is 25.9. The molecular formula is C18H19N5O4S3. The van der Waals surface area contributed by atoms with Crippen LogP contribution in [0.3, 0.4) is 0 Å². The number of nitrogens with one attached hydrogen (secondary N) is 2. The Morgan fingerprint density at radius 3 is 2.73 bits per heavy atom. The first kappa shape index (κ1) is 22.0. The molecule has 9 nitrogen and oxygen atoms in total. The summed E-state index contributed by atoms with van der Waals surface area (Å²) in [6.07, 6.45) is 2.71. The number of aromatic nitrogens is 2. The van der Waals surface area contributed by atoms with Gasteiger partial charge in [0.25, 0.3) is 0 Å². The SMILES string of the molecule is CC(=O)NCc1ccc(-c2csc(NC(=O)CN(C)S(=O)(=O)c3cccnc3)n2)s1. The first-order valence-electron chi connectivity index (χ1n) is 8.71. The number of thiophene rings is 1. The van der Waals surface area contributed by atoms with E-state index in [-0.39, 0.29) is 17.3 Å². The highest BCUT2D eigenvalue weighted by atomic mass is 32.2. The predicted octanol–water partition coefficient (Wildman–Crippen LogP) is 2.16. The van der Waals surface area contributed by atoms with Gasteiger partial charge in [0.05, 0.1) is 23.7 Å². The molecule has 0 radical (unpaired) electrons. The Labute approximate surface area is 181 Å². The summed E-state index contributed by atoms with van der Waals surface area (Å²) in [5.41, 5.74) is 0.700. The van der Waals surface area contributed by atoms with Crippen LogP contribution in [-0.4, -0.2) is 48.1 Å². The Morgan fingerprint density at radius 1 is 1.23 bits per heavy atom. The van der Waals surface area contributed by atoms with Gasteiger partial charge in [-0.25, -0.2) is 13.4 Å². The van der Waals surface area contributed by atoms with Crippen LogP contribution in [0.4, 0.5) is 5.13 Å². The van der Waals surface area contributed by atoms with Crippen LogP contribution in [-0.2, 0) is 26.2 Å². The molecule has 0 bridgehead atoms. The van der Waals surface area contributed by atoms with Crippen LogP contribution in [0.1, 0.15) is 11.8 Å². The molecular weight excluding hydrogens is 446 g/mol. The van der Waals surface area contributed by atoms with Crippen molar-refractivity contribution in [1.29, 1.82) is 0 Å². The first-order valence-corrected chi connectivity index (χ1v) is 11.8. The highest BCUT2D eigenvalue weighted by molar-refractivity contribution is 7.89. The van der Waals surface area contributed by atoms with Crippen molar-refractivity contribution in [2.24, 2.45) is 0 Å². The van der Waals surface area contributed by atoms with Crippen molar-refractivity contribution in [2.75, 3.05) is 18.9 Å². The molecule has 0 aliphatic rings. The summed E-state index contributed by atoms with van der Waals surface area (Å²) in [4.78, 5) is 33.4. The van der Waals surface area contributed by atoms with E-state index in [2.05, 4.69) is 20.6 Å². The largest absolute Gasteiger partial charge is 0.351 e. The minimum absolute atomic E-state index is 0.0181. The quantitative estimate of drug-likeness (QED) is 0.526. The number of carbonyl (C=O) groups is 2. The average molecular weight is 466 g/mol. The topological polar surface area (TPSA) is 121 Å². The molecule has 0 unspecified atom stereocenters. The first-order chi connectivity index (χ1) is 14.3. The van der Waals surface area contributed by atoms with E-state index in [1.807, 2.05) is 12.1 Å². The molecule has 30 heavy (non-hydrogen) atoms. The zero-order chi connectivity index (χ0) is 21.7. The van der Waals surface area contributed by atoms with E-state index in [9.17, 15) is 18.0 Å². The molecule has 0 atom stereocenters. The number of anilines is 1. The van der Waals surface area contributed by atoms with Crippen molar-refractivity contribution in [2.45, 2.75) is 18.4 Å². The number of hydrogen-bond acceptors (Lipinski definition) is 8. The van der Waals surface area contributed by atoms with Crippen LogP contribution in [0.15, 0.2) is 46.9 Å². The van der Waals surface area contributed by atoms with E-state index >= 15 is 0 Å². The Bertz CT molecular complexity index is 1140. The predicted molar refractivity (Wildman–Crippen MR) is 116 cm³/mol. The molecule has 3 rings (SSSR count). The Hall–Kier alpha value is -2.67. The zero-order valence-electron chi connectivity index (χ0n) is 16.2. The van der Waals surface area contributed by atoms with Crippen LogP contribution in [0.5, 0.6) is 0 Å². The van der Waals surface area contributed by atoms with E-state index in [0.29, 0.717) is 17.4 Å². The third-order valence-electron chi connectivity index (χ3n) is 3.89. The van der Waals surface area contributed by atoms with Gasteiger partial charge in [-0.15, -0.1) is 22.7 Å². The van der Waals surface area contributed by atoms with E-state index in [0.717, 1.165) is 14.1 Å². The van der Waals surface area contributed by atoms with Crippen molar-refractivity contribution in [3.8, 4) is 10.6 Å². The number of sulfonamides is 1. The number of rotatable bonds is 8. The fourth-order valence-corrected chi connectivity index (χ4v) is 5.19. The molecule has 0 saturated carbocycles. The summed E-state index contributed by atoms with van der Waals surface area (Å²) in [6.45, 7) is 1.56. The van der Waals surface area contributed by atoms with Crippen molar-refractivity contribution >= 4 is 49.6 Å². The molecule has 3 aromatic rings. The molecule has 158 valence electrons. The number of hydrogen-bond donors (Lipinski definition) is 2. The summed E-state index contributed by atoms with van der Waals surface area (Å²) >= 11 is 2.74. The fraction of sp³-hybridized carbons (Fsp3) is 0.222. The van der Waals surface area contributed by atoms with Crippen LogP contribution in [0, 0.1) is 0 Å². The van der Waals surface area contributed by atoms with Gasteiger partial charge in [0.15, 0.2) is 5.13 Å². The number of pyridine rings is 1. The Morgan fingerprint density at radius 2 is 2.03 bits per heavy atom. The van der Waals surface area contributed by atoms with E-state index in [1.54, 1.807) is 5.38 Å². The number of nitrogens with zero attached hydrogens (tertiary/aromatic N) is 3. The highest BCUT2D eigenvalue weighted by Gasteiger charge is 2.23. The summed E-state index contributed by atoms with van der Waals surface area (Å²) in [7, 11) is -2.48. The van der Waals surface area contributed by atoms with E-state index in [1.165, 1.54) is 61.2 Å². The molecule has 0 aliphatic heterocycles. The number of amides is 2. The van der Waals surface area contributed by atoms with Crippen molar-refractivity contribution in [3.63, 3.8) is 0 Å². The second-order valence-electron chi connectivity index (χ2n) is 6.21. The standard InChI is InChI=1S/C18H19N5O4S3/c1-12(24)20-8-13-5-6-16(29-13)15-11-28-18(21-15)22-17(25)10-23(2)30(26,27)14-4-3-7-19-9-14/h3-7,9,11H,8,10H2,1-2H3,(H,20,24)(H,21,22,25). The normalized spacial score (nSPS) is 11.4. The lowest BCUT2D eigenvalue weighted by molar-refractivity contribution is -0.119. The van der Waals surface area contributed by atoms with Gasteiger partial charge >= 0.3 is 0 Å². The number of thiazole rings is 1. The summed E-state index contributed by atoms with van der Waals surface area (Å²) in [5.74, 6) is -0.595. The molecule has 2 amide bonds. The molecule has 3 heterocycles. The smallest absolute Gasteiger partial charge is 0.244 e. The van der Waals surface area contributed by atoms with Gasteiger partial charge in [-0.05, 0) is 24.3 Å². The molecule has 0 fully saturated rings. The molecule has 0 aliphatic carbocycles. The fourth-order valence-electron chi connectivity index (χ4n) is 2.39. The maximum absolute atomic E-state index is 12.5. The molecule has 12 heteroatoms. The Kier molecular flexibility index (Phi) is 6.92. The van der Waals surface area contributed by atoms with Crippen LogP contribution in [0.25, 0.3) is 10.6 Å². The second-order valence-corrected chi connectivity index (χ2v) is 10.3. The minimum Gasteiger partial charge on any atom is -0.351 e. The van der Waals surface area contributed by atoms with Gasteiger partial charge in [-0.1, -0.05) is 0 Å². The minimum atomic E-state index is -3.81. The van der Waals surface area contributed by atoms with Crippen LogP contribution >= 0.6 is 22.7 Å².